The lowest BCUT2D eigenvalue weighted by atomic mass is 10.0. The van der Waals surface area contributed by atoms with Gasteiger partial charge in [0.15, 0.2) is 12.2 Å². The molecule has 0 aromatic heterocycles. The van der Waals surface area contributed by atoms with Crippen molar-refractivity contribution in [3.63, 3.8) is 0 Å². The molecule has 0 heterocycles. The molecule has 0 amide bonds. The molecule has 0 aromatic carbocycles. The molecule has 0 aliphatic heterocycles. The van der Waals surface area contributed by atoms with Crippen LogP contribution in [-0.4, -0.2) is 96.7 Å². The molecule has 0 fully saturated rings. The number of aliphatic hydroxyl groups is 1. The first kappa shape index (κ1) is 100. The van der Waals surface area contributed by atoms with Crippen molar-refractivity contribution in [3.05, 3.63) is 0 Å². The van der Waals surface area contributed by atoms with E-state index in [1.807, 2.05) is 0 Å². The van der Waals surface area contributed by atoms with Gasteiger partial charge in [-0.3, -0.25) is 37.3 Å². The van der Waals surface area contributed by atoms with E-state index >= 15 is 0 Å². The number of phosphoric acid groups is 2. The summed E-state index contributed by atoms with van der Waals surface area (Å²) in [6.07, 6.45) is 68.0. The molecule has 606 valence electrons. The molecular weight excluding hydrogens is 1330 g/mol. The zero-order valence-corrected chi connectivity index (χ0v) is 68.5. The first-order chi connectivity index (χ1) is 49.5. The Hall–Kier alpha value is -1.94. The summed E-state index contributed by atoms with van der Waals surface area (Å²) in [7, 11) is -9.92. The molecule has 5 atom stereocenters. The summed E-state index contributed by atoms with van der Waals surface area (Å²) >= 11 is 0. The second kappa shape index (κ2) is 75.9. The van der Waals surface area contributed by atoms with E-state index in [1.165, 1.54) is 270 Å². The van der Waals surface area contributed by atoms with E-state index < -0.39 is 97.5 Å². The number of carbonyl (C=O) groups excluding carboxylic acids is 4. The van der Waals surface area contributed by atoms with Crippen molar-refractivity contribution in [2.75, 3.05) is 39.6 Å². The minimum absolute atomic E-state index is 0.108. The number of hydrogen-bond donors (Lipinski definition) is 3. The van der Waals surface area contributed by atoms with Gasteiger partial charge in [-0.25, -0.2) is 9.13 Å². The standard InChI is InChI=1S/C83H162O17P2/c1-6-9-12-15-18-21-24-26-27-28-32-35-39-42-47-52-57-62-67-81(86)94-73-79(100-83(88)69-64-59-54-49-44-40-36-33-30-29-31-34-38-41-45-50-55-60-65-76(4)5)75-98-102(91,92)96-71-77(84)70-95-101(89,90)97-74-78(72-93-80(85)66-61-56-51-46-23-20-17-14-11-8-3)99-82(87)68-63-58-53-48-43-37-25-22-19-16-13-10-7-2/h76-79,84H,6-75H2,1-5H3,(H,89,90)(H,91,92)/t77-,78+,79+/m0/s1. The molecule has 0 saturated heterocycles. The second-order valence-electron chi connectivity index (χ2n) is 30.3. The lowest BCUT2D eigenvalue weighted by Crippen LogP contribution is -2.30. The van der Waals surface area contributed by atoms with Crippen LogP contribution in [0.1, 0.15) is 446 Å². The summed E-state index contributed by atoms with van der Waals surface area (Å²) in [6.45, 7) is 7.37. The van der Waals surface area contributed by atoms with Gasteiger partial charge in [0.25, 0.3) is 0 Å². The highest BCUT2D eigenvalue weighted by Gasteiger charge is 2.30. The van der Waals surface area contributed by atoms with E-state index in [9.17, 15) is 43.2 Å². The van der Waals surface area contributed by atoms with E-state index in [4.69, 9.17) is 37.0 Å². The zero-order valence-electron chi connectivity index (χ0n) is 66.8. The van der Waals surface area contributed by atoms with Gasteiger partial charge in [-0.15, -0.1) is 0 Å². The Morgan fingerprint density at radius 3 is 0.667 bits per heavy atom. The first-order valence-electron chi connectivity index (χ1n) is 43.1. The lowest BCUT2D eigenvalue weighted by molar-refractivity contribution is -0.161. The summed E-state index contributed by atoms with van der Waals surface area (Å²) in [6, 6.07) is 0. The summed E-state index contributed by atoms with van der Waals surface area (Å²) in [5, 5.41) is 10.6. The number of esters is 4. The number of aliphatic hydroxyl groups excluding tert-OH is 1. The summed E-state index contributed by atoms with van der Waals surface area (Å²) in [4.78, 5) is 73.1. The number of rotatable bonds is 83. The van der Waals surface area contributed by atoms with Crippen LogP contribution in [0.4, 0.5) is 0 Å². The molecule has 0 aliphatic carbocycles. The van der Waals surface area contributed by atoms with Crippen molar-refractivity contribution in [2.45, 2.75) is 464 Å². The van der Waals surface area contributed by atoms with E-state index in [-0.39, 0.29) is 25.7 Å². The monoisotopic (exact) mass is 1490 g/mol. The average Bonchev–Trinajstić information content (AvgIpc) is 0.916. The normalized spacial score (nSPS) is 13.8. The van der Waals surface area contributed by atoms with Gasteiger partial charge in [-0.2, -0.15) is 0 Å². The first-order valence-corrected chi connectivity index (χ1v) is 46.1. The third-order valence-corrected chi connectivity index (χ3v) is 21.4. The number of hydrogen-bond acceptors (Lipinski definition) is 15. The van der Waals surface area contributed by atoms with Crippen molar-refractivity contribution in [1.82, 2.24) is 0 Å². The van der Waals surface area contributed by atoms with Gasteiger partial charge >= 0.3 is 39.5 Å². The smallest absolute Gasteiger partial charge is 0.462 e. The topological polar surface area (TPSA) is 237 Å². The van der Waals surface area contributed by atoms with Crippen LogP contribution >= 0.6 is 15.6 Å². The van der Waals surface area contributed by atoms with Gasteiger partial charge in [0.2, 0.25) is 0 Å². The van der Waals surface area contributed by atoms with Crippen LogP contribution in [0.25, 0.3) is 0 Å². The molecule has 2 unspecified atom stereocenters. The number of phosphoric ester groups is 2. The molecule has 0 spiro atoms. The van der Waals surface area contributed by atoms with Crippen LogP contribution in [0, 0.1) is 5.92 Å². The van der Waals surface area contributed by atoms with Gasteiger partial charge < -0.3 is 33.8 Å². The quantitative estimate of drug-likeness (QED) is 0.0222. The molecule has 3 N–H and O–H groups in total. The van der Waals surface area contributed by atoms with Crippen LogP contribution in [0.15, 0.2) is 0 Å². The molecule has 0 saturated carbocycles. The summed E-state index contributed by atoms with van der Waals surface area (Å²) < 4.78 is 68.8. The van der Waals surface area contributed by atoms with Crippen LogP contribution in [0.5, 0.6) is 0 Å². The van der Waals surface area contributed by atoms with Crippen molar-refractivity contribution in [2.24, 2.45) is 5.92 Å². The van der Waals surface area contributed by atoms with Gasteiger partial charge in [0.05, 0.1) is 26.4 Å². The molecule has 0 radical (unpaired) electrons. The predicted molar refractivity (Wildman–Crippen MR) is 418 cm³/mol. The van der Waals surface area contributed by atoms with Crippen LogP contribution in [0.2, 0.25) is 0 Å². The SMILES string of the molecule is CCCCCCCCCCCCCCCCCCCCC(=O)OC[C@H](COP(=O)(O)OC[C@@H](O)COP(=O)(O)OC[C@@H](COC(=O)CCCCCCCCCCCC)OC(=O)CCCCCCCCCCCCCCC)OC(=O)CCCCCCCCCCCCCCCCCCCCC(C)C. The maximum atomic E-state index is 13.1. The Morgan fingerprint density at radius 2 is 0.451 bits per heavy atom. The molecule has 17 nitrogen and oxygen atoms in total. The number of ether oxygens (including phenoxy) is 4. The molecule has 19 heteroatoms. The Bertz CT molecular complexity index is 1940. The lowest BCUT2D eigenvalue weighted by Gasteiger charge is -2.21. The number of unbranched alkanes of at least 4 members (excludes halogenated alkanes) is 55. The molecule has 0 bridgehead atoms. The Morgan fingerprint density at radius 1 is 0.265 bits per heavy atom. The average molecular weight is 1490 g/mol. The fourth-order valence-electron chi connectivity index (χ4n) is 12.9. The van der Waals surface area contributed by atoms with Crippen molar-refractivity contribution in [1.29, 1.82) is 0 Å². The highest BCUT2D eigenvalue weighted by Crippen LogP contribution is 2.45. The summed E-state index contributed by atoms with van der Waals surface area (Å²) in [5.74, 6) is -1.28. The van der Waals surface area contributed by atoms with Crippen molar-refractivity contribution < 1.29 is 80.2 Å². The predicted octanol–water partition coefficient (Wildman–Crippen LogP) is 25.2. The third kappa shape index (κ3) is 76.3. The highest BCUT2D eigenvalue weighted by molar-refractivity contribution is 7.47. The van der Waals surface area contributed by atoms with E-state index in [1.54, 1.807) is 0 Å². The van der Waals surface area contributed by atoms with Crippen molar-refractivity contribution >= 4 is 39.5 Å². The fourth-order valence-corrected chi connectivity index (χ4v) is 14.5. The third-order valence-electron chi connectivity index (χ3n) is 19.5. The van der Waals surface area contributed by atoms with E-state index in [2.05, 4.69) is 34.6 Å². The van der Waals surface area contributed by atoms with Gasteiger partial charge in [0, 0.05) is 25.7 Å². The Balaban J connectivity index is 5.21. The van der Waals surface area contributed by atoms with E-state index in [0.29, 0.717) is 25.7 Å². The van der Waals surface area contributed by atoms with Gasteiger partial charge in [-0.1, -0.05) is 394 Å². The maximum Gasteiger partial charge on any atom is 0.472 e. The van der Waals surface area contributed by atoms with Crippen molar-refractivity contribution in [3.8, 4) is 0 Å². The second-order valence-corrected chi connectivity index (χ2v) is 33.3. The Labute approximate surface area is 626 Å². The van der Waals surface area contributed by atoms with Gasteiger partial charge in [0.1, 0.15) is 19.3 Å². The summed E-state index contributed by atoms with van der Waals surface area (Å²) in [5.41, 5.74) is 0. The minimum Gasteiger partial charge on any atom is -0.462 e. The van der Waals surface area contributed by atoms with Crippen LogP contribution < -0.4 is 0 Å². The largest absolute Gasteiger partial charge is 0.472 e. The van der Waals surface area contributed by atoms with Gasteiger partial charge in [-0.05, 0) is 31.6 Å². The molecule has 0 rings (SSSR count). The Kier molecular flexibility index (Phi) is 74.4. The van der Waals surface area contributed by atoms with Crippen LogP contribution in [0.3, 0.4) is 0 Å². The zero-order chi connectivity index (χ0) is 74.8. The molecule has 0 aromatic rings. The molecular formula is C83H162O17P2. The maximum absolute atomic E-state index is 13.1. The van der Waals surface area contributed by atoms with E-state index in [0.717, 1.165) is 95.8 Å². The fraction of sp³-hybridized carbons (Fsp3) is 0.952. The molecule has 0 aliphatic rings. The number of carbonyl (C=O) groups is 4. The minimum atomic E-state index is -4.96. The highest BCUT2D eigenvalue weighted by atomic mass is 31.2. The van der Waals surface area contributed by atoms with Crippen LogP contribution in [-0.2, 0) is 65.4 Å². The molecule has 102 heavy (non-hydrogen) atoms.